The number of hydrogen-bond acceptors (Lipinski definition) is 5. The first-order valence-electron chi connectivity index (χ1n) is 7.71. The molecule has 5 nitrogen and oxygen atoms in total. The van der Waals surface area contributed by atoms with Crippen LogP contribution in [-0.4, -0.2) is 18.2 Å². The van der Waals surface area contributed by atoms with Crippen LogP contribution in [0.25, 0.3) is 0 Å². The van der Waals surface area contributed by atoms with Gasteiger partial charge in [-0.2, -0.15) is 0 Å². The van der Waals surface area contributed by atoms with Gasteiger partial charge in [-0.15, -0.1) is 0 Å². The number of rotatable bonds is 9. The topological polar surface area (TPSA) is 57.7 Å². The van der Waals surface area contributed by atoms with Crippen molar-refractivity contribution in [3.63, 3.8) is 0 Å². The molecule has 0 spiro atoms. The lowest BCUT2D eigenvalue weighted by Crippen LogP contribution is -2.02. The van der Waals surface area contributed by atoms with Crippen LogP contribution in [-0.2, 0) is 26.5 Å². The second-order valence-corrected chi connectivity index (χ2v) is 6.47. The fourth-order valence-corrected chi connectivity index (χ4v) is 3.28. The van der Waals surface area contributed by atoms with Gasteiger partial charge in [0.15, 0.2) is 0 Å². The summed E-state index contributed by atoms with van der Waals surface area (Å²) in [7, 11) is -3.53. The van der Waals surface area contributed by atoms with Crippen LogP contribution in [0.5, 0.6) is 5.75 Å². The number of benzene rings is 1. The van der Waals surface area contributed by atoms with E-state index in [1.807, 2.05) is 24.3 Å². The Labute approximate surface area is 137 Å². The Morgan fingerprint density at radius 1 is 0.870 bits per heavy atom. The van der Waals surface area contributed by atoms with Crippen LogP contribution in [0.2, 0.25) is 0 Å². The summed E-state index contributed by atoms with van der Waals surface area (Å²) in [6.07, 6.45) is 5.45. The monoisotopic (exact) mass is 335 g/mol. The smallest absolute Gasteiger partial charge is 0.404 e. The van der Waals surface area contributed by atoms with Crippen molar-refractivity contribution in [1.82, 2.24) is 4.98 Å². The second kappa shape index (κ2) is 8.82. The van der Waals surface area contributed by atoms with Crippen molar-refractivity contribution >= 4 is 7.82 Å². The van der Waals surface area contributed by atoms with Crippen molar-refractivity contribution in [1.29, 1.82) is 0 Å². The maximum absolute atomic E-state index is 12.3. The van der Waals surface area contributed by atoms with E-state index >= 15 is 0 Å². The van der Waals surface area contributed by atoms with E-state index in [-0.39, 0.29) is 13.2 Å². The molecular formula is C17H22NO4P. The van der Waals surface area contributed by atoms with Crippen molar-refractivity contribution in [2.45, 2.75) is 26.7 Å². The molecule has 0 saturated carbocycles. The lowest BCUT2D eigenvalue weighted by Gasteiger charge is -2.17. The quantitative estimate of drug-likeness (QED) is 0.635. The third-order valence-electron chi connectivity index (χ3n) is 3.17. The van der Waals surface area contributed by atoms with Crippen molar-refractivity contribution in [2.24, 2.45) is 0 Å². The molecule has 0 saturated heterocycles. The van der Waals surface area contributed by atoms with Gasteiger partial charge in [0, 0.05) is 12.4 Å². The van der Waals surface area contributed by atoms with Crippen LogP contribution in [0.4, 0.5) is 0 Å². The van der Waals surface area contributed by atoms with E-state index in [9.17, 15) is 4.57 Å². The first-order valence-corrected chi connectivity index (χ1v) is 9.18. The molecule has 2 aromatic rings. The van der Waals surface area contributed by atoms with Crippen LogP contribution in [0.3, 0.4) is 0 Å². The van der Waals surface area contributed by atoms with E-state index < -0.39 is 7.82 Å². The zero-order valence-electron chi connectivity index (χ0n) is 13.5. The van der Waals surface area contributed by atoms with Crippen LogP contribution in [0.1, 0.15) is 25.0 Å². The molecular weight excluding hydrogens is 313 g/mol. The van der Waals surface area contributed by atoms with Gasteiger partial charge < -0.3 is 4.52 Å². The molecule has 0 aliphatic rings. The van der Waals surface area contributed by atoms with Gasteiger partial charge in [-0.1, -0.05) is 12.1 Å². The van der Waals surface area contributed by atoms with Crippen LogP contribution >= 0.6 is 7.82 Å². The van der Waals surface area contributed by atoms with Crippen molar-refractivity contribution in [3.8, 4) is 5.75 Å². The van der Waals surface area contributed by atoms with Gasteiger partial charge in [-0.05, 0) is 62.1 Å². The van der Waals surface area contributed by atoms with Crippen LogP contribution in [0.15, 0.2) is 48.8 Å². The summed E-state index contributed by atoms with van der Waals surface area (Å²) >= 11 is 0. The summed E-state index contributed by atoms with van der Waals surface area (Å²) in [4.78, 5) is 4.01. The Morgan fingerprint density at radius 3 is 1.91 bits per heavy atom. The molecule has 2 rings (SSSR count). The van der Waals surface area contributed by atoms with Gasteiger partial charge in [-0.25, -0.2) is 4.57 Å². The minimum Gasteiger partial charge on any atom is -0.404 e. The van der Waals surface area contributed by atoms with Gasteiger partial charge in [-0.3, -0.25) is 14.0 Å². The van der Waals surface area contributed by atoms with Gasteiger partial charge in [0.05, 0.1) is 13.2 Å². The van der Waals surface area contributed by atoms with E-state index in [0.717, 1.165) is 12.8 Å². The Hall–Kier alpha value is -1.68. The summed E-state index contributed by atoms with van der Waals surface area (Å²) in [5, 5.41) is 0. The van der Waals surface area contributed by atoms with Crippen molar-refractivity contribution < 1.29 is 18.1 Å². The number of aryl methyl sites for hydroxylation is 2. The summed E-state index contributed by atoms with van der Waals surface area (Å²) < 4.78 is 27.9. The highest BCUT2D eigenvalue weighted by Crippen LogP contribution is 2.49. The predicted molar refractivity (Wildman–Crippen MR) is 89.6 cm³/mol. The normalized spacial score (nSPS) is 11.4. The maximum atomic E-state index is 12.3. The second-order valence-electron chi connectivity index (χ2n) is 4.87. The predicted octanol–water partition coefficient (Wildman–Crippen LogP) is 4.43. The molecule has 1 aromatic carbocycles. The van der Waals surface area contributed by atoms with Crippen molar-refractivity contribution in [3.05, 3.63) is 59.9 Å². The first-order chi connectivity index (χ1) is 11.1. The fraction of sp³-hybridized carbons (Fsp3) is 0.353. The van der Waals surface area contributed by atoms with E-state index in [1.165, 1.54) is 11.1 Å². The van der Waals surface area contributed by atoms with Gasteiger partial charge in [0.1, 0.15) is 5.75 Å². The Balaban J connectivity index is 1.94. The zero-order valence-corrected chi connectivity index (χ0v) is 14.4. The lowest BCUT2D eigenvalue weighted by molar-refractivity contribution is 0.167. The molecule has 0 fully saturated rings. The minimum atomic E-state index is -3.53. The number of hydrogen-bond donors (Lipinski definition) is 0. The Morgan fingerprint density at radius 2 is 1.39 bits per heavy atom. The number of nitrogens with zero attached hydrogens (tertiary/aromatic N) is 1. The number of aromatic nitrogens is 1. The number of phosphoric acid groups is 1. The molecule has 0 aliphatic carbocycles. The molecule has 6 heteroatoms. The standard InChI is InChI=1S/C17H22NO4P/c1-3-20-23(19,21-4-2)22-17-9-7-15(8-10-17)5-6-16-11-13-18-14-12-16/h7-14H,3-6H2,1-2H3. The first kappa shape index (κ1) is 17.7. The molecule has 1 aromatic heterocycles. The van der Waals surface area contributed by atoms with Gasteiger partial charge in [0.25, 0.3) is 0 Å². The minimum absolute atomic E-state index is 0.265. The van der Waals surface area contributed by atoms with E-state index in [4.69, 9.17) is 13.6 Å². The van der Waals surface area contributed by atoms with Crippen LogP contribution < -0.4 is 4.52 Å². The maximum Gasteiger partial charge on any atom is 0.530 e. The van der Waals surface area contributed by atoms with E-state index in [1.54, 1.807) is 38.4 Å². The highest BCUT2D eigenvalue weighted by Gasteiger charge is 2.27. The van der Waals surface area contributed by atoms with E-state index in [0.29, 0.717) is 5.75 Å². The SMILES string of the molecule is CCOP(=O)(OCC)Oc1ccc(CCc2ccncc2)cc1. The molecule has 1 heterocycles. The van der Waals surface area contributed by atoms with Crippen LogP contribution in [0, 0.1) is 0 Å². The molecule has 0 aliphatic heterocycles. The zero-order chi connectivity index (χ0) is 16.5. The molecule has 0 bridgehead atoms. The third kappa shape index (κ3) is 5.79. The lowest BCUT2D eigenvalue weighted by atomic mass is 10.1. The van der Waals surface area contributed by atoms with E-state index in [2.05, 4.69) is 4.98 Å². The molecule has 124 valence electrons. The van der Waals surface area contributed by atoms with Gasteiger partial charge >= 0.3 is 7.82 Å². The molecule has 0 atom stereocenters. The van der Waals surface area contributed by atoms with Crippen molar-refractivity contribution in [2.75, 3.05) is 13.2 Å². The number of phosphoric ester groups is 1. The largest absolute Gasteiger partial charge is 0.530 e. The average molecular weight is 335 g/mol. The summed E-state index contributed by atoms with van der Waals surface area (Å²) in [5.41, 5.74) is 2.43. The highest BCUT2D eigenvalue weighted by atomic mass is 31.2. The molecule has 23 heavy (non-hydrogen) atoms. The highest BCUT2D eigenvalue weighted by molar-refractivity contribution is 7.48. The molecule has 0 radical (unpaired) electrons. The molecule has 0 N–H and O–H groups in total. The summed E-state index contributed by atoms with van der Waals surface area (Å²) in [5.74, 6) is 0.475. The van der Waals surface area contributed by atoms with Gasteiger partial charge in [0.2, 0.25) is 0 Å². The summed E-state index contributed by atoms with van der Waals surface area (Å²) in [6.45, 7) is 4.02. The summed E-state index contributed by atoms with van der Waals surface area (Å²) in [6, 6.07) is 11.5. The third-order valence-corrected chi connectivity index (χ3v) is 4.75. The molecule has 0 amide bonds. The molecule has 0 unspecified atom stereocenters. The number of pyridine rings is 1. The Kier molecular flexibility index (Phi) is 6.78. The Bertz CT molecular complexity index is 621. The fourth-order valence-electron chi connectivity index (χ4n) is 2.09. The average Bonchev–Trinajstić information content (AvgIpc) is 2.55.